The number of halogens is 3. The molecule has 7 nitrogen and oxygen atoms in total. The standard InChI is InChI=1S/C8H12F3N5O2/c9-8(10,11)6(17)3-13-7(18)5-4-16(2-1-12)15-14-5/h4,6,17H,1-3,12H2,(H,13,18). The predicted octanol–water partition coefficient (Wildman–Crippen LogP) is -1.11. The highest BCUT2D eigenvalue weighted by atomic mass is 19.4. The molecular weight excluding hydrogens is 255 g/mol. The molecule has 0 saturated carbocycles. The first kappa shape index (κ1) is 14.4. The Labute approximate surface area is 99.8 Å². The van der Waals surface area contributed by atoms with Crippen LogP contribution in [0.4, 0.5) is 13.2 Å². The number of hydrogen-bond donors (Lipinski definition) is 3. The number of aliphatic hydroxyl groups excluding tert-OH is 1. The molecule has 0 saturated heterocycles. The largest absolute Gasteiger partial charge is 0.416 e. The van der Waals surface area contributed by atoms with Gasteiger partial charge in [0, 0.05) is 6.54 Å². The summed E-state index contributed by atoms with van der Waals surface area (Å²) >= 11 is 0. The Balaban J connectivity index is 2.50. The van der Waals surface area contributed by atoms with Crippen molar-refractivity contribution in [2.75, 3.05) is 13.1 Å². The molecule has 1 atom stereocenters. The van der Waals surface area contributed by atoms with E-state index in [4.69, 9.17) is 10.8 Å². The molecule has 1 unspecified atom stereocenters. The first-order chi connectivity index (χ1) is 8.34. The van der Waals surface area contributed by atoms with Crippen molar-refractivity contribution in [3.8, 4) is 0 Å². The Bertz CT molecular complexity index is 406. The van der Waals surface area contributed by atoms with Crippen LogP contribution in [0.5, 0.6) is 0 Å². The van der Waals surface area contributed by atoms with E-state index in [-0.39, 0.29) is 12.2 Å². The summed E-state index contributed by atoms with van der Waals surface area (Å²) in [5.74, 6) is -0.846. The first-order valence-electron chi connectivity index (χ1n) is 4.97. The number of amides is 1. The maximum absolute atomic E-state index is 12.0. The van der Waals surface area contributed by atoms with Gasteiger partial charge in [0.15, 0.2) is 11.8 Å². The average Bonchev–Trinajstić information content (AvgIpc) is 2.73. The second-order valence-corrected chi connectivity index (χ2v) is 3.42. The molecule has 102 valence electrons. The van der Waals surface area contributed by atoms with Gasteiger partial charge in [0.25, 0.3) is 5.91 Å². The summed E-state index contributed by atoms with van der Waals surface area (Å²) in [6.45, 7) is -0.311. The molecule has 1 aromatic rings. The molecule has 0 aliphatic rings. The number of carbonyl (C=O) groups is 1. The fourth-order valence-electron chi connectivity index (χ4n) is 1.04. The minimum Gasteiger partial charge on any atom is -0.382 e. The predicted molar refractivity (Wildman–Crippen MR) is 53.5 cm³/mol. The average molecular weight is 267 g/mol. The number of alkyl halides is 3. The maximum atomic E-state index is 12.0. The van der Waals surface area contributed by atoms with E-state index in [1.54, 1.807) is 0 Å². The molecule has 18 heavy (non-hydrogen) atoms. The molecule has 1 heterocycles. The highest BCUT2D eigenvalue weighted by Crippen LogP contribution is 2.19. The van der Waals surface area contributed by atoms with E-state index in [1.807, 2.05) is 5.32 Å². The third-order valence-corrected chi connectivity index (χ3v) is 1.96. The second kappa shape index (κ2) is 5.78. The van der Waals surface area contributed by atoms with E-state index in [1.165, 1.54) is 10.9 Å². The van der Waals surface area contributed by atoms with Crippen molar-refractivity contribution in [1.29, 1.82) is 0 Å². The van der Waals surface area contributed by atoms with Gasteiger partial charge in [-0.1, -0.05) is 5.21 Å². The van der Waals surface area contributed by atoms with E-state index in [2.05, 4.69) is 10.3 Å². The lowest BCUT2D eigenvalue weighted by Crippen LogP contribution is -2.40. The number of aliphatic hydroxyl groups is 1. The molecule has 1 amide bonds. The van der Waals surface area contributed by atoms with Crippen LogP contribution in [0.1, 0.15) is 10.5 Å². The second-order valence-electron chi connectivity index (χ2n) is 3.42. The maximum Gasteiger partial charge on any atom is 0.416 e. The van der Waals surface area contributed by atoms with Crippen molar-refractivity contribution < 1.29 is 23.1 Å². The van der Waals surface area contributed by atoms with Gasteiger partial charge in [-0.15, -0.1) is 5.10 Å². The Morgan fingerprint density at radius 2 is 2.28 bits per heavy atom. The summed E-state index contributed by atoms with van der Waals surface area (Å²) in [4.78, 5) is 11.4. The van der Waals surface area contributed by atoms with Gasteiger partial charge in [0.1, 0.15) is 0 Å². The van der Waals surface area contributed by atoms with Gasteiger partial charge in [0.2, 0.25) is 0 Å². The smallest absolute Gasteiger partial charge is 0.382 e. The third-order valence-electron chi connectivity index (χ3n) is 1.96. The number of carbonyl (C=O) groups excluding carboxylic acids is 1. The highest BCUT2D eigenvalue weighted by Gasteiger charge is 2.38. The van der Waals surface area contributed by atoms with Gasteiger partial charge in [-0.2, -0.15) is 13.2 Å². The molecule has 0 fully saturated rings. The molecule has 10 heteroatoms. The third kappa shape index (κ3) is 3.96. The van der Waals surface area contributed by atoms with Gasteiger partial charge < -0.3 is 16.2 Å². The van der Waals surface area contributed by atoms with Gasteiger partial charge >= 0.3 is 6.18 Å². The molecular formula is C8H12F3N5O2. The lowest BCUT2D eigenvalue weighted by molar-refractivity contribution is -0.201. The summed E-state index contributed by atoms with van der Waals surface area (Å²) < 4.78 is 37.2. The molecule has 0 aliphatic carbocycles. The topological polar surface area (TPSA) is 106 Å². The Morgan fingerprint density at radius 1 is 1.61 bits per heavy atom. The highest BCUT2D eigenvalue weighted by molar-refractivity contribution is 5.91. The number of hydrogen-bond acceptors (Lipinski definition) is 5. The van der Waals surface area contributed by atoms with Gasteiger partial charge in [-0.05, 0) is 0 Å². The monoisotopic (exact) mass is 267 g/mol. The summed E-state index contributed by atoms with van der Waals surface area (Å²) in [6.07, 6.45) is -6.13. The van der Waals surface area contributed by atoms with Gasteiger partial charge in [-0.3, -0.25) is 9.48 Å². The zero-order valence-electron chi connectivity index (χ0n) is 9.18. The van der Waals surface area contributed by atoms with Crippen LogP contribution >= 0.6 is 0 Å². The normalized spacial score (nSPS) is 13.4. The van der Waals surface area contributed by atoms with E-state index in [0.29, 0.717) is 6.54 Å². The number of nitrogens with zero attached hydrogens (tertiary/aromatic N) is 3. The Hall–Kier alpha value is -1.68. The molecule has 0 radical (unpaired) electrons. The lowest BCUT2D eigenvalue weighted by atomic mass is 10.3. The quantitative estimate of drug-likeness (QED) is 0.627. The fraction of sp³-hybridized carbons (Fsp3) is 0.625. The molecule has 4 N–H and O–H groups in total. The molecule has 0 aliphatic heterocycles. The van der Waals surface area contributed by atoms with Crippen molar-refractivity contribution >= 4 is 5.91 Å². The SMILES string of the molecule is NCCn1cc(C(=O)NCC(O)C(F)(F)F)nn1. The van der Waals surface area contributed by atoms with Crippen molar-refractivity contribution in [2.45, 2.75) is 18.8 Å². The summed E-state index contributed by atoms with van der Waals surface area (Å²) in [5, 5.41) is 17.6. The van der Waals surface area contributed by atoms with Crippen molar-refractivity contribution in [3.63, 3.8) is 0 Å². The number of nitrogens with one attached hydrogen (secondary N) is 1. The molecule has 0 aromatic carbocycles. The van der Waals surface area contributed by atoms with Crippen LogP contribution in [0.2, 0.25) is 0 Å². The zero-order chi connectivity index (χ0) is 13.8. The number of rotatable bonds is 5. The minimum absolute atomic E-state index is 0.141. The Kier molecular flexibility index (Phi) is 4.62. The van der Waals surface area contributed by atoms with E-state index in [9.17, 15) is 18.0 Å². The number of aromatic nitrogens is 3. The Morgan fingerprint density at radius 3 is 2.83 bits per heavy atom. The summed E-state index contributed by atoms with van der Waals surface area (Å²) in [6, 6.07) is 0. The van der Waals surface area contributed by atoms with Crippen LogP contribution < -0.4 is 11.1 Å². The fourth-order valence-corrected chi connectivity index (χ4v) is 1.04. The zero-order valence-corrected chi connectivity index (χ0v) is 9.18. The number of nitrogens with two attached hydrogens (primary N) is 1. The van der Waals surface area contributed by atoms with Crippen LogP contribution in [-0.2, 0) is 6.54 Å². The van der Waals surface area contributed by atoms with Crippen molar-refractivity contribution in [2.24, 2.45) is 5.73 Å². The molecule has 1 rings (SSSR count). The molecule has 1 aromatic heterocycles. The van der Waals surface area contributed by atoms with E-state index < -0.39 is 24.7 Å². The molecule has 0 spiro atoms. The van der Waals surface area contributed by atoms with Gasteiger partial charge in [-0.25, -0.2) is 0 Å². The van der Waals surface area contributed by atoms with Crippen LogP contribution in [-0.4, -0.2) is 51.4 Å². The van der Waals surface area contributed by atoms with Crippen molar-refractivity contribution in [1.82, 2.24) is 20.3 Å². The van der Waals surface area contributed by atoms with Crippen molar-refractivity contribution in [3.05, 3.63) is 11.9 Å². The van der Waals surface area contributed by atoms with Gasteiger partial charge in [0.05, 0.1) is 19.3 Å². The van der Waals surface area contributed by atoms with Crippen LogP contribution in [0.15, 0.2) is 6.20 Å². The van der Waals surface area contributed by atoms with E-state index >= 15 is 0 Å². The van der Waals surface area contributed by atoms with Crippen LogP contribution in [0, 0.1) is 0 Å². The summed E-state index contributed by atoms with van der Waals surface area (Å²) in [7, 11) is 0. The summed E-state index contributed by atoms with van der Waals surface area (Å²) in [5.41, 5.74) is 5.10. The lowest BCUT2D eigenvalue weighted by Gasteiger charge is -2.14. The molecule has 0 bridgehead atoms. The van der Waals surface area contributed by atoms with Crippen LogP contribution in [0.25, 0.3) is 0 Å². The first-order valence-corrected chi connectivity index (χ1v) is 4.97. The van der Waals surface area contributed by atoms with E-state index in [0.717, 1.165) is 0 Å². The van der Waals surface area contributed by atoms with Crippen LogP contribution in [0.3, 0.4) is 0 Å². The minimum atomic E-state index is -4.77.